The summed E-state index contributed by atoms with van der Waals surface area (Å²) in [7, 11) is 1.47. The highest BCUT2D eigenvalue weighted by atomic mass is 32.1. The Morgan fingerprint density at radius 3 is 2.89 bits per heavy atom. The normalized spacial score (nSPS) is 14.3. The standard InChI is InChI=1S/C25H26N8O2S/c1-15(11-29-25(26-3)35-4)10-28-24(34)18-9-19(33-20(13-30-31-33)17-6-7-17)23-27-12-21(32(23)14-18)22-8-5-16(2)36-22/h5,8-9,11-14,17H,3,6-7,10H2,1-2,4H3,(H,28,34)/b15-11+,29-25+. The zero-order valence-electron chi connectivity index (χ0n) is 20.3. The van der Waals surface area contributed by atoms with E-state index < -0.39 is 0 Å². The van der Waals surface area contributed by atoms with Gasteiger partial charge in [0, 0.05) is 29.7 Å². The largest absolute Gasteiger partial charge is 0.467 e. The van der Waals surface area contributed by atoms with E-state index in [-0.39, 0.29) is 11.9 Å². The molecule has 11 heteroatoms. The SMILES string of the molecule is C=N/C(=N\C=C(/C)CNC(=O)c1cc(-n2nncc2C2CC2)c2ncc(-c3ccc(C)s3)n2c1)OC. The van der Waals surface area contributed by atoms with Crippen LogP contribution in [0, 0.1) is 6.92 Å². The summed E-state index contributed by atoms with van der Waals surface area (Å²) < 4.78 is 8.75. The van der Waals surface area contributed by atoms with Gasteiger partial charge in [-0.05, 0) is 57.2 Å². The van der Waals surface area contributed by atoms with Gasteiger partial charge in [-0.15, -0.1) is 16.4 Å². The smallest absolute Gasteiger partial charge is 0.315 e. The van der Waals surface area contributed by atoms with Crippen molar-refractivity contribution in [2.45, 2.75) is 32.6 Å². The number of nitrogens with one attached hydrogen (secondary N) is 1. The Morgan fingerprint density at radius 1 is 1.36 bits per heavy atom. The van der Waals surface area contributed by atoms with E-state index in [1.807, 2.05) is 34.5 Å². The molecule has 184 valence electrons. The second-order valence-corrected chi connectivity index (χ2v) is 9.93. The quantitative estimate of drug-likeness (QED) is 0.301. The molecule has 0 bridgehead atoms. The van der Waals surface area contributed by atoms with Gasteiger partial charge in [0.25, 0.3) is 5.91 Å². The molecule has 1 amide bonds. The van der Waals surface area contributed by atoms with E-state index >= 15 is 0 Å². The maximum absolute atomic E-state index is 13.3. The van der Waals surface area contributed by atoms with Crippen LogP contribution in [0.5, 0.6) is 0 Å². The number of imidazole rings is 1. The molecule has 0 spiro atoms. The zero-order chi connectivity index (χ0) is 25.2. The predicted molar refractivity (Wildman–Crippen MR) is 140 cm³/mol. The van der Waals surface area contributed by atoms with Gasteiger partial charge in [0.2, 0.25) is 0 Å². The molecular weight excluding hydrogens is 476 g/mol. The highest BCUT2D eigenvalue weighted by Crippen LogP contribution is 2.40. The lowest BCUT2D eigenvalue weighted by Gasteiger charge is -2.12. The fourth-order valence-electron chi connectivity index (χ4n) is 3.88. The number of aromatic nitrogens is 5. The molecule has 0 aliphatic heterocycles. The maximum Gasteiger partial charge on any atom is 0.315 e. The molecule has 1 saturated carbocycles. The molecule has 4 aromatic heterocycles. The number of aryl methyl sites for hydroxylation is 1. The number of thiophene rings is 1. The third-order valence-corrected chi connectivity index (χ3v) is 6.91. The minimum absolute atomic E-state index is 0.159. The number of rotatable bonds is 7. The van der Waals surface area contributed by atoms with E-state index in [1.165, 1.54) is 12.0 Å². The van der Waals surface area contributed by atoms with Gasteiger partial charge in [-0.1, -0.05) is 5.21 Å². The lowest BCUT2D eigenvalue weighted by atomic mass is 10.2. The summed E-state index contributed by atoms with van der Waals surface area (Å²) in [6, 6.07) is 6.13. The summed E-state index contributed by atoms with van der Waals surface area (Å²) in [4.78, 5) is 28.0. The van der Waals surface area contributed by atoms with E-state index in [0.717, 1.165) is 46.0 Å². The van der Waals surface area contributed by atoms with Gasteiger partial charge in [0.05, 0.1) is 41.3 Å². The van der Waals surface area contributed by atoms with Crippen LogP contribution in [-0.4, -0.2) is 56.7 Å². The summed E-state index contributed by atoms with van der Waals surface area (Å²) >= 11 is 1.68. The van der Waals surface area contributed by atoms with Crippen molar-refractivity contribution in [1.29, 1.82) is 0 Å². The van der Waals surface area contributed by atoms with Crippen molar-refractivity contribution in [3.05, 3.63) is 64.7 Å². The minimum atomic E-state index is -0.223. The van der Waals surface area contributed by atoms with Crippen molar-refractivity contribution in [2.24, 2.45) is 9.98 Å². The van der Waals surface area contributed by atoms with Gasteiger partial charge >= 0.3 is 6.02 Å². The third-order valence-electron chi connectivity index (χ3n) is 5.88. The number of carbonyl (C=O) groups is 1. The van der Waals surface area contributed by atoms with Crippen molar-refractivity contribution in [1.82, 2.24) is 29.7 Å². The van der Waals surface area contributed by atoms with Crippen LogP contribution in [0.2, 0.25) is 0 Å². The number of hydrogen-bond donors (Lipinski definition) is 1. The Balaban J connectivity index is 1.53. The summed E-state index contributed by atoms with van der Waals surface area (Å²) in [6.45, 7) is 7.64. The number of pyridine rings is 1. The number of hydrogen-bond acceptors (Lipinski definition) is 7. The molecule has 0 saturated heterocycles. The van der Waals surface area contributed by atoms with Crippen LogP contribution in [-0.2, 0) is 4.74 Å². The molecule has 36 heavy (non-hydrogen) atoms. The average Bonchev–Trinajstić information content (AvgIpc) is 3.25. The highest BCUT2D eigenvalue weighted by Gasteiger charge is 2.29. The molecule has 4 heterocycles. The van der Waals surface area contributed by atoms with Gasteiger partial charge in [-0.2, -0.15) is 0 Å². The number of fused-ring (bicyclic) bond motifs is 1. The van der Waals surface area contributed by atoms with Crippen LogP contribution in [0.4, 0.5) is 0 Å². The Kier molecular flexibility index (Phi) is 6.47. The summed E-state index contributed by atoms with van der Waals surface area (Å²) in [5.41, 5.74) is 4.71. The Hall–Kier alpha value is -4.12. The zero-order valence-corrected chi connectivity index (χ0v) is 21.1. The molecule has 5 rings (SSSR count). The minimum Gasteiger partial charge on any atom is -0.467 e. The molecule has 1 N–H and O–H groups in total. The summed E-state index contributed by atoms with van der Waals surface area (Å²) in [6.07, 6.45) is 9.27. The van der Waals surface area contributed by atoms with Crippen molar-refractivity contribution < 1.29 is 9.53 Å². The fourth-order valence-corrected chi connectivity index (χ4v) is 4.76. The molecule has 1 fully saturated rings. The number of carbonyl (C=O) groups excluding carboxylic acids is 1. The van der Waals surface area contributed by atoms with Crippen molar-refractivity contribution in [3.63, 3.8) is 0 Å². The van der Waals surface area contributed by atoms with E-state index in [4.69, 9.17) is 9.72 Å². The summed E-state index contributed by atoms with van der Waals surface area (Å²) in [5.74, 6) is 0.209. The molecule has 0 aromatic carbocycles. The monoisotopic (exact) mass is 502 g/mol. The number of nitrogens with zero attached hydrogens (tertiary/aromatic N) is 7. The molecule has 0 atom stereocenters. The Bertz CT molecular complexity index is 1510. The average molecular weight is 503 g/mol. The van der Waals surface area contributed by atoms with Crippen LogP contribution < -0.4 is 5.32 Å². The first-order chi connectivity index (χ1) is 17.5. The number of amidine groups is 1. The second-order valence-electron chi connectivity index (χ2n) is 8.64. The second kappa shape index (κ2) is 9.86. The van der Waals surface area contributed by atoms with Crippen molar-refractivity contribution >= 4 is 35.6 Å². The maximum atomic E-state index is 13.3. The molecule has 1 aliphatic carbocycles. The van der Waals surface area contributed by atoms with Crippen LogP contribution in [0.25, 0.3) is 21.9 Å². The van der Waals surface area contributed by atoms with E-state index in [1.54, 1.807) is 23.7 Å². The molecule has 0 radical (unpaired) electrons. The Labute approximate surface area is 212 Å². The molecule has 4 aromatic rings. The first-order valence-electron chi connectivity index (χ1n) is 11.5. The predicted octanol–water partition coefficient (Wildman–Crippen LogP) is 4.17. The molecule has 1 aliphatic rings. The van der Waals surface area contributed by atoms with Gasteiger partial charge < -0.3 is 10.1 Å². The first kappa shape index (κ1) is 23.6. The van der Waals surface area contributed by atoms with E-state index in [0.29, 0.717) is 18.0 Å². The van der Waals surface area contributed by atoms with Crippen LogP contribution in [0.1, 0.15) is 46.6 Å². The third kappa shape index (κ3) is 4.69. The lowest BCUT2D eigenvalue weighted by Crippen LogP contribution is -2.25. The number of amides is 1. The summed E-state index contributed by atoms with van der Waals surface area (Å²) in [5, 5.41) is 11.5. The van der Waals surface area contributed by atoms with Crippen LogP contribution >= 0.6 is 11.3 Å². The Morgan fingerprint density at radius 2 is 2.19 bits per heavy atom. The molecule has 10 nitrogen and oxygen atoms in total. The number of aliphatic imine (C=N–C) groups is 2. The van der Waals surface area contributed by atoms with Crippen molar-refractivity contribution in [3.8, 4) is 16.3 Å². The van der Waals surface area contributed by atoms with E-state index in [2.05, 4.69) is 51.4 Å². The van der Waals surface area contributed by atoms with Crippen LogP contribution in [0.3, 0.4) is 0 Å². The van der Waals surface area contributed by atoms with Gasteiger partial charge in [-0.3, -0.25) is 9.20 Å². The molecular formula is C25H26N8O2S. The topological polar surface area (TPSA) is 111 Å². The lowest BCUT2D eigenvalue weighted by molar-refractivity contribution is 0.0956. The van der Waals surface area contributed by atoms with Gasteiger partial charge in [-0.25, -0.2) is 19.7 Å². The van der Waals surface area contributed by atoms with Crippen LogP contribution in [0.15, 0.2) is 58.5 Å². The van der Waals surface area contributed by atoms with E-state index in [9.17, 15) is 4.79 Å². The van der Waals surface area contributed by atoms with Crippen molar-refractivity contribution in [2.75, 3.05) is 13.7 Å². The molecule has 0 unspecified atom stereocenters. The highest BCUT2D eigenvalue weighted by molar-refractivity contribution is 7.15. The fraction of sp³-hybridized carbons (Fsp3) is 0.280. The first-order valence-corrected chi connectivity index (χ1v) is 12.3. The van der Waals surface area contributed by atoms with Gasteiger partial charge in [0.1, 0.15) is 5.69 Å². The van der Waals surface area contributed by atoms with Gasteiger partial charge in [0.15, 0.2) is 5.65 Å². The number of methoxy groups -OCH3 is 1. The number of ether oxygens (including phenoxy) is 1.